The molecule has 0 bridgehead atoms. The number of sulfonamides is 1. The number of hydrogen-bond donors (Lipinski definition) is 1. The van der Waals surface area contributed by atoms with Crippen molar-refractivity contribution in [1.82, 2.24) is 9.62 Å². The predicted octanol–water partition coefficient (Wildman–Crippen LogP) is 1.50. The summed E-state index contributed by atoms with van der Waals surface area (Å²) in [6.45, 7) is 2.46. The largest absolute Gasteiger partial charge is 0.352 e. The summed E-state index contributed by atoms with van der Waals surface area (Å²) < 4.78 is 24.6. The summed E-state index contributed by atoms with van der Waals surface area (Å²) in [7, 11) is -3.30. The van der Waals surface area contributed by atoms with E-state index in [1.54, 1.807) is 0 Å². The summed E-state index contributed by atoms with van der Waals surface area (Å²) >= 11 is 0. The molecule has 1 rings (SSSR count). The molecule has 1 saturated carbocycles. The maximum atomic E-state index is 11.9. The van der Waals surface area contributed by atoms with E-state index in [1.807, 2.05) is 0 Å². The third-order valence-corrected chi connectivity index (χ3v) is 4.77. The van der Waals surface area contributed by atoms with E-state index in [9.17, 15) is 13.2 Å². The maximum Gasteiger partial charge on any atom is 0.235 e. The minimum absolute atomic E-state index is 0.0426. The molecule has 5 nitrogen and oxygen atoms in total. The smallest absolute Gasteiger partial charge is 0.235 e. The zero-order chi connectivity index (χ0) is 14.3. The van der Waals surface area contributed by atoms with E-state index in [-0.39, 0.29) is 18.5 Å². The Labute approximate surface area is 116 Å². The standard InChI is InChI=1S/C13H26N2O3S/c1-3-4-7-10-15(19(2,17)18)11-13(16)14-12-8-5-6-9-12/h12H,3-11H2,1-2H3,(H,14,16). The lowest BCUT2D eigenvalue weighted by Crippen LogP contribution is -2.43. The number of carbonyl (C=O) groups is 1. The van der Waals surface area contributed by atoms with Crippen molar-refractivity contribution in [3.8, 4) is 0 Å². The predicted molar refractivity (Wildman–Crippen MR) is 76.3 cm³/mol. The van der Waals surface area contributed by atoms with Gasteiger partial charge in [0, 0.05) is 12.6 Å². The zero-order valence-electron chi connectivity index (χ0n) is 12.0. The lowest BCUT2D eigenvalue weighted by Gasteiger charge is -2.20. The third kappa shape index (κ3) is 6.38. The molecule has 1 aliphatic rings. The molecule has 19 heavy (non-hydrogen) atoms. The minimum atomic E-state index is -3.30. The van der Waals surface area contributed by atoms with Crippen LogP contribution in [0.5, 0.6) is 0 Å². The molecule has 1 N–H and O–H groups in total. The molecule has 0 radical (unpaired) electrons. The van der Waals surface area contributed by atoms with Crippen molar-refractivity contribution in [1.29, 1.82) is 0 Å². The molecule has 0 aromatic heterocycles. The Morgan fingerprint density at radius 3 is 2.42 bits per heavy atom. The summed E-state index contributed by atoms with van der Waals surface area (Å²) in [5.74, 6) is -0.172. The molecule has 0 atom stereocenters. The van der Waals surface area contributed by atoms with Crippen LogP contribution in [0.3, 0.4) is 0 Å². The maximum absolute atomic E-state index is 11.9. The van der Waals surface area contributed by atoms with E-state index in [0.717, 1.165) is 44.9 Å². The molecule has 0 heterocycles. The van der Waals surface area contributed by atoms with Crippen molar-refractivity contribution >= 4 is 15.9 Å². The molecule has 6 heteroatoms. The van der Waals surface area contributed by atoms with Gasteiger partial charge < -0.3 is 5.32 Å². The average molecular weight is 290 g/mol. The van der Waals surface area contributed by atoms with Crippen LogP contribution >= 0.6 is 0 Å². The summed E-state index contributed by atoms with van der Waals surface area (Å²) in [4.78, 5) is 11.9. The van der Waals surface area contributed by atoms with Crippen LogP contribution in [0.1, 0.15) is 51.9 Å². The van der Waals surface area contributed by atoms with Crippen LogP contribution in [-0.2, 0) is 14.8 Å². The SMILES string of the molecule is CCCCCN(CC(=O)NC1CCCC1)S(C)(=O)=O. The van der Waals surface area contributed by atoms with Crippen LogP contribution in [0.4, 0.5) is 0 Å². The van der Waals surface area contributed by atoms with Gasteiger partial charge in [-0.2, -0.15) is 4.31 Å². The first kappa shape index (κ1) is 16.4. The van der Waals surface area contributed by atoms with E-state index in [2.05, 4.69) is 12.2 Å². The Balaban J connectivity index is 2.44. The number of nitrogens with one attached hydrogen (secondary N) is 1. The lowest BCUT2D eigenvalue weighted by molar-refractivity contribution is -0.122. The second kappa shape index (κ2) is 7.85. The topological polar surface area (TPSA) is 66.5 Å². The molecule has 0 aromatic rings. The van der Waals surface area contributed by atoms with Gasteiger partial charge in [0.1, 0.15) is 0 Å². The molecular formula is C13H26N2O3S. The normalized spacial score (nSPS) is 17.0. The van der Waals surface area contributed by atoms with Gasteiger partial charge in [-0.1, -0.05) is 32.6 Å². The van der Waals surface area contributed by atoms with E-state index in [0.29, 0.717) is 6.54 Å². The van der Waals surface area contributed by atoms with Gasteiger partial charge in [0.25, 0.3) is 0 Å². The fraction of sp³-hybridized carbons (Fsp3) is 0.923. The molecule has 1 aliphatic carbocycles. The van der Waals surface area contributed by atoms with Gasteiger partial charge in [-0.3, -0.25) is 4.79 Å². The van der Waals surface area contributed by atoms with Crippen molar-refractivity contribution in [3.63, 3.8) is 0 Å². The summed E-state index contributed by atoms with van der Waals surface area (Å²) in [5, 5.41) is 2.93. The minimum Gasteiger partial charge on any atom is -0.352 e. The van der Waals surface area contributed by atoms with E-state index in [4.69, 9.17) is 0 Å². The number of nitrogens with zero attached hydrogens (tertiary/aromatic N) is 1. The molecule has 1 amide bonds. The van der Waals surface area contributed by atoms with Crippen LogP contribution in [0.15, 0.2) is 0 Å². The monoisotopic (exact) mass is 290 g/mol. The Hall–Kier alpha value is -0.620. The highest BCUT2D eigenvalue weighted by molar-refractivity contribution is 7.88. The number of carbonyl (C=O) groups excluding carboxylic acids is 1. The van der Waals surface area contributed by atoms with Gasteiger partial charge in [-0.15, -0.1) is 0 Å². The van der Waals surface area contributed by atoms with Crippen LogP contribution in [0, 0.1) is 0 Å². The Morgan fingerprint density at radius 2 is 1.89 bits per heavy atom. The van der Waals surface area contributed by atoms with Gasteiger partial charge in [-0.25, -0.2) is 8.42 Å². The molecule has 1 fully saturated rings. The number of unbranched alkanes of at least 4 members (excludes halogenated alkanes) is 2. The summed E-state index contributed by atoms with van der Waals surface area (Å²) in [5.41, 5.74) is 0. The van der Waals surface area contributed by atoms with Crippen molar-refractivity contribution in [2.75, 3.05) is 19.3 Å². The van der Waals surface area contributed by atoms with E-state index in [1.165, 1.54) is 10.6 Å². The number of amides is 1. The van der Waals surface area contributed by atoms with Crippen molar-refractivity contribution in [2.24, 2.45) is 0 Å². The van der Waals surface area contributed by atoms with Crippen molar-refractivity contribution in [3.05, 3.63) is 0 Å². The van der Waals surface area contributed by atoms with Crippen LogP contribution < -0.4 is 5.32 Å². The van der Waals surface area contributed by atoms with E-state index < -0.39 is 10.0 Å². The summed E-state index contributed by atoms with van der Waals surface area (Å²) in [6.07, 6.45) is 8.32. The second-order valence-electron chi connectivity index (χ2n) is 5.35. The first-order valence-corrected chi connectivity index (χ1v) is 9.02. The first-order valence-electron chi connectivity index (χ1n) is 7.18. The van der Waals surface area contributed by atoms with Crippen LogP contribution in [0.2, 0.25) is 0 Å². The Kier molecular flexibility index (Phi) is 6.79. The number of hydrogen-bond acceptors (Lipinski definition) is 3. The molecule has 0 saturated heterocycles. The second-order valence-corrected chi connectivity index (χ2v) is 7.33. The van der Waals surface area contributed by atoms with Gasteiger partial charge in [0.2, 0.25) is 15.9 Å². The fourth-order valence-corrected chi connectivity index (χ4v) is 3.22. The van der Waals surface area contributed by atoms with Gasteiger partial charge in [-0.05, 0) is 19.3 Å². The number of rotatable bonds is 8. The summed E-state index contributed by atoms with van der Waals surface area (Å²) in [6, 6.07) is 0.240. The Bertz CT molecular complexity index is 375. The average Bonchev–Trinajstić information content (AvgIpc) is 2.79. The van der Waals surface area contributed by atoms with Gasteiger partial charge in [0.05, 0.1) is 12.8 Å². The quantitative estimate of drug-likeness (QED) is 0.689. The zero-order valence-corrected chi connectivity index (χ0v) is 12.8. The molecule has 0 aromatic carbocycles. The van der Waals surface area contributed by atoms with Crippen molar-refractivity contribution < 1.29 is 13.2 Å². The molecule has 0 spiro atoms. The highest BCUT2D eigenvalue weighted by Crippen LogP contribution is 2.17. The first-order chi connectivity index (χ1) is 8.93. The highest BCUT2D eigenvalue weighted by Gasteiger charge is 2.22. The van der Waals surface area contributed by atoms with E-state index >= 15 is 0 Å². The van der Waals surface area contributed by atoms with Crippen LogP contribution in [-0.4, -0.2) is 44.0 Å². The highest BCUT2D eigenvalue weighted by atomic mass is 32.2. The Morgan fingerprint density at radius 1 is 1.26 bits per heavy atom. The molecule has 0 aliphatic heterocycles. The third-order valence-electron chi connectivity index (χ3n) is 3.52. The molecular weight excluding hydrogens is 264 g/mol. The van der Waals surface area contributed by atoms with Crippen molar-refractivity contribution in [2.45, 2.75) is 57.9 Å². The van der Waals surface area contributed by atoms with Gasteiger partial charge >= 0.3 is 0 Å². The molecule has 0 unspecified atom stereocenters. The fourth-order valence-electron chi connectivity index (χ4n) is 2.40. The lowest BCUT2D eigenvalue weighted by atomic mass is 10.2. The van der Waals surface area contributed by atoms with Crippen LogP contribution in [0.25, 0.3) is 0 Å². The van der Waals surface area contributed by atoms with Gasteiger partial charge in [0.15, 0.2) is 0 Å². The molecule has 112 valence electrons.